The number of carbonyl (C=O) groups is 9. The lowest BCUT2D eigenvalue weighted by atomic mass is 9.90. The number of hydrogen-bond acceptors (Lipinski definition) is 15. The van der Waals surface area contributed by atoms with E-state index in [1.165, 1.54) is 11.1 Å². The van der Waals surface area contributed by atoms with Crippen LogP contribution >= 0.6 is 0 Å². The van der Waals surface area contributed by atoms with E-state index in [1.54, 1.807) is 34.6 Å². The molecule has 0 radical (unpaired) electrons. The summed E-state index contributed by atoms with van der Waals surface area (Å²) in [5.74, 6) is -1.68. The summed E-state index contributed by atoms with van der Waals surface area (Å²) >= 11 is 0. The zero-order valence-corrected chi connectivity index (χ0v) is 59.7. The quantitative estimate of drug-likeness (QED) is 0.0327. The molecule has 0 aliphatic carbocycles. The van der Waals surface area contributed by atoms with E-state index in [4.69, 9.17) is 17.2 Å². The molecule has 0 saturated heterocycles. The maximum Gasteiger partial charge on any atom is 0.246 e. The van der Waals surface area contributed by atoms with Crippen LogP contribution in [0.15, 0.2) is 97.9 Å². The van der Waals surface area contributed by atoms with Crippen molar-refractivity contribution in [3.63, 3.8) is 0 Å². The second-order valence-electron chi connectivity index (χ2n) is 24.4. The molecule has 0 aliphatic heterocycles. The molecule has 18 N–H and O–H groups in total. The number of nitrogens with one attached hydrogen (secondary N) is 12. The van der Waals surface area contributed by atoms with Crippen LogP contribution in [0.25, 0.3) is 0 Å². The highest BCUT2D eigenvalue weighted by Gasteiger charge is 2.41. The molecule has 0 unspecified atom stereocenters. The predicted molar refractivity (Wildman–Crippen MR) is 387 cm³/mol. The fourth-order valence-corrected chi connectivity index (χ4v) is 9.89. The van der Waals surface area contributed by atoms with E-state index in [2.05, 4.69) is 108 Å². The van der Waals surface area contributed by atoms with E-state index in [0.717, 1.165) is 32.1 Å². The van der Waals surface area contributed by atoms with E-state index in [0.29, 0.717) is 140 Å². The van der Waals surface area contributed by atoms with Crippen molar-refractivity contribution in [3.8, 4) is 0 Å². The molecule has 0 heterocycles. The van der Waals surface area contributed by atoms with Gasteiger partial charge < -0.3 is 81.0 Å². The Hall–Kier alpha value is -8.31. The Morgan fingerprint density at radius 1 is 0.385 bits per heavy atom. The van der Waals surface area contributed by atoms with Gasteiger partial charge in [-0.2, -0.15) is 0 Å². The summed E-state index contributed by atoms with van der Waals surface area (Å²) in [6.45, 7) is 35.8. The summed E-state index contributed by atoms with van der Waals surface area (Å²) in [6, 6.07) is 18.2. The molecule has 0 aromatic heterocycles. The number of hydrogen-bond donors (Lipinski definition) is 15. The summed E-state index contributed by atoms with van der Waals surface area (Å²) < 4.78 is 0. The summed E-state index contributed by atoms with van der Waals surface area (Å²) in [7, 11) is 0. The number of amides is 9. The smallest absolute Gasteiger partial charge is 0.246 e. The number of nitrogens with two attached hydrogens (primary N) is 3. The van der Waals surface area contributed by atoms with E-state index < -0.39 is 34.7 Å². The fourth-order valence-electron chi connectivity index (χ4n) is 9.89. The first-order chi connectivity index (χ1) is 45.0. The first kappa shape index (κ1) is 89.7. The van der Waals surface area contributed by atoms with E-state index in [1.807, 2.05) is 84.9 Å². The zero-order chi connectivity index (χ0) is 72.0. The van der Waals surface area contributed by atoms with Gasteiger partial charge in [0.25, 0.3) is 0 Å². The monoisotopic (exact) mass is 1350 g/mol. The lowest BCUT2D eigenvalue weighted by Gasteiger charge is -2.33. The Labute approximate surface area is 575 Å². The molecule has 544 valence electrons. The highest BCUT2D eigenvalue weighted by atomic mass is 16.2. The maximum atomic E-state index is 13.3. The summed E-state index contributed by atoms with van der Waals surface area (Å²) in [5.41, 5.74) is 15.9. The van der Waals surface area contributed by atoms with E-state index >= 15 is 0 Å². The molecule has 0 fully saturated rings. The average molecular weight is 1350 g/mol. The van der Waals surface area contributed by atoms with Gasteiger partial charge in [-0.25, -0.2) is 0 Å². The molecule has 3 atom stereocenters. The molecular weight excluding hydrogens is 1220 g/mol. The molecule has 24 nitrogen and oxygen atoms in total. The van der Waals surface area contributed by atoms with Crippen molar-refractivity contribution in [1.82, 2.24) is 63.8 Å². The Bertz CT molecular complexity index is 2640. The van der Waals surface area contributed by atoms with Crippen molar-refractivity contribution < 1.29 is 43.2 Å². The van der Waals surface area contributed by atoms with Crippen molar-refractivity contribution in [3.05, 3.63) is 109 Å². The zero-order valence-electron chi connectivity index (χ0n) is 59.7. The van der Waals surface area contributed by atoms with Gasteiger partial charge in [0, 0.05) is 57.5 Å². The molecule has 9 amide bonds. The topological polar surface area (TPSA) is 376 Å². The van der Waals surface area contributed by atoms with Crippen LogP contribution in [0, 0.1) is 11.8 Å². The number of unbranched alkanes of at least 4 members (excludes halogenated alkanes) is 1. The van der Waals surface area contributed by atoms with Crippen LogP contribution in [0.2, 0.25) is 0 Å². The molecule has 2 aromatic rings. The highest BCUT2D eigenvalue weighted by Crippen LogP contribution is 2.21. The SMILES string of the molecule is C.C=C(N)NCCC[C@H](NC(=O)C(CC)(CC)NC(=O)C(C)C)C(=O)NCCCCc1ccccc1.C=C(N)NCCC[C@H](NC(=O)C(CC)(CC)NC(=O)C(C)C)C(=O)NCCCc1ccccc1.C=C(N)NCCC[C@H](NC(=O)C(CC)(CC)NC(=O)CC)C(=O)NCC. The lowest BCUT2D eigenvalue weighted by molar-refractivity contribution is -0.137. The third kappa shape index (κ3) is 35.4. The average Bonchev–Trinajstić information content (AvgIpc) is 0.848. The van der Waals surface area contributed by atoms with Gasteiger partial charge in [0.05, 0.1) is 17.5 Å². The van der Waals surface area contributed by atoms with E-state index in [9.17, 15) is 43.2 Å². The minimum Gasteiger partial charge on any atom is -0.386 e. The minimum absolute atomic E-state index is 0. The lowest BCUT2D eigenvalue weighted by Crippen LogP contribution is -2.62. The van der Waals surface area contributed by atoms with Gasteiger partial charge in [0.1, 0.15) is 34.7 Å². The molecule has 2 aromatic carbocycles. The van der Waals surface area contributed by atoms with Crippen molar-refractivity contribution >= 4 is 53.2 Å². The summed E-state index contributed by atoms with van der Waals surface area (Å²) in [4.78, 5) is 114. The van der Waals surface area contributed by atoms with Gasteiger partial charge in [0.2, 0.25) is 53.2 Å². The van der Waals surface area contributed by atoms with Crippen LogP contribution in [0.5, 0.6) is 0 Å². The summed E-state index contributed by atoms with van der Waals surface area (Å²) in [5, 5.41) is 34.7. The van der Waals surface area contributed by atoms with Crippen LogP contribution in [-0.2, 0) is 56.0 Å². The van der Waals surface area contributed by atoms with Gasteiger partial charge in [-0.3, -0.25) is 43.2 Å². The largest absolute Gasteiger partial charge is 0.386 e. The van der Waals surface area contributed by atoms with Crippen LogP contribution in [0.1, 0.15) is 204 Å². The van der Waals surface area contributed by atoms with Gasteiger partial charge in [-0.15, -0.1) is 0 Å². The molecule has 0 spiro atoms. The number of likely N-dealkylation sites (N-methyl/N-ethyl adjacent to an activating group) is 1. The molecule has 2 rings (SSSR count). The molecule has 96 heavy (non-hydrogen) atoms. The normalized spacial score (nSPS) is 11.9. The van der Waals surface area contributed by atoms with Crippen LogP contribution in [0.4, 0.5) is 0 Å². The second kappa shape index (κ2) is 50.1. The summed E-state index contributed by atoms with van der Waals surface area (Å²) in [6.07, 6.45) is 10.5. The van der Waals surface area contributed by atoms with E-state index in [-0.39, 0.29) is 72.4 Å². The second-order valence-corrected chi connectivity index (χ2v) is 24.4. The third-order valence-corrected chi connectivity index (χ3v) is 16.5. The number of carbonyl (C=O) groups excluding carboxylic acids is 9. The Kier molecular flexibility index (Phi) is 46.9. The van der Waals surface area contributed by atoms with Gasteiger partial charge in [0.15, 0.2) is 0 Å². The van der Waals surface area contributed by atoms with Crippen molar-refractivity contribution in [2.75, 3.05) is 39.3 Å². The number of rotatable bonds is 46. The van der Waals surface area contributed by atoms with Crippen LogP contribution in [-0.4, -0.2) is 127 Å². The minimum atomic E-state index is -1.06. The standard InChI is InChI=1S/C27H45N5O3.C26H43N5O3.C18H35N5O3.CH4/c1-6-27(7-2,32-24(33)20(3)4)26(35)31-23(17-13-19-29-21(5)28)25(34)30-18-12-11-16-22-14-9-8-10-15-22;1-6-26(7-2,31-23(32)19(3)4)25(34)30-22(16-12-17-28-20(5)27)24(33)29-18-11-15-21-13-9-8-10-14-21;1-6-15(24)23-18(7-2,8-3)17(26)22-14(16(25)20-9-4)11-10-12-21-13(5)19;/h8-10,14-15,20,23,29H,5-7,11-13,16-19,28H2,1-4H3,(H,30,34)(H,31,35)(H,32,33);8-10,13-14,19,22,28H,5-7,11-12,15-18,27H2,1-4H3,(H,29,33)(H,30,34)(H,31,32);14,21H,5-12,19H2,1-4H3,(H,20,25)(H,22,26)(H,23,24);1H4/t23-;22-;14-;/m000./s1. The first-order valence-corrected chi connectivity index (χ1v) is 34.4. The van der Waals surface area contributed by atoms with Crippen LogP contribution in [0.3, 0.4) is 0 Å². The highest BCUT2D eigenvalue weighted by molar-refractivity contribution is 5.97. The molecule has 0 bridgehead atoms. The Morgan fingerprint density at radius 2 is 0.677 bits per heavy atom. The van der Waals surface area contributed by atoms with Gasteiger partial charge in [-0.1, -0.05) is 164 Å². The molecular formula is C72H127N15O9. The first-order valence-electron chi connectivity index (χ1n) is 34.4. The maximum absolute atomic E-state index is 13.3. The van der Waals surface area contributed by atoms with Crippen molar-refractivity contribution in [2.24, 2.45) is 29.0 Å². The van der Waals surface area contributed by atoms with Crippen molar-refractivity contribution in [1.29, 1.82) is 0 Å². The Balaban J connectivity index is 0. The number of benzene rings is 2. The third-order valence-electron chi connectivity index (χ3n) is 16.5. The predicted octanol–water partition coefficient (Wildman–Crippen LogP) is 6.22. The number of aryl methyl sites for hydroxylation is 2. The molecule has 0 aliphatic rings. The molecule has 0 saturated carbocycles. The fraction of sp³-hybridized carbons (Fsp3) is 0.625. The van der Waals surface area contributed by atoms with Gasteiger partial charge in [-0.05, 0) is 127 Å². The van der Waals surface area contributed by atoms with Crippen molar-refractivity contribution in [2.45, 2.75) is 241 Å². The Morgan fingerprint density at radius 3 is 0.969 bits per heavy atom. The molecule has 24 heteroatoms. The van der Waals surface area contributed by atoms with Gasteiger partial charge >= 0.3 is 0 Å². The van der Waals surface area contributed by atoms with Crippen LogP contribution < -0.4 is 81.0 Å².